The van der Waals surface area contributed by atoms with Crippen LogP contribution in [0.4, 0.5) is 0 Å². The summed E-state index contributed by atoms with van der Waals surface area (Å²) in [5, 5.41) is 4.27. The van der Waals surface area contributed by atoms with Crippen LogP contribution in [0.2, 0.25) is 0 Å². The molecule has 1 heterocycles. The number of thiophene rings is 1. The second-order valence-electron chi connectivity index (χ2n) is 4.10. The Labute approximate surface area is 109 Å². The van der Waals surface area contributed by atoms with Crippen molar-refractivity contribution in [1.29, 1.82) is 0 Å². The predicted molar refractivity (Wildman–Crippen MR) is 69.1 cm³/mol. The first kappa shape index (κ1) is 14.5. The minimum absolute atomic E-state index is 0.0125. The molecule has 0 radical (unpaired) electrons. The molecule has 4 nitrogen and oxygen atoms in total. The van der Waals surface area contributed by atoms with Gasteiger partial charge in [-0.2, -0.15) is 0 Å². The minimum atomic E-state index is -3.75. The molecule has 0 aliphatic carbocycles. The fourth-order valence-corrected chi connectivity index (χ4v) is 2.97. The molecule has 1 aromatic heterocycles. The molecule has 96 valence electrons. The summed E-state index contributed by atoms with van der Waals surface area (Å²) in [5.74, 6) is 0.0304. The molecule has 17 heavy (non-hydrogen) atoms. The van der Waals surface area contributed by atoms with Crippen molar-refractivity contribution in [3.8, 4) is 0 Å². The van der Waals surface area contributed by atoms with E-state index in [2.05, 4.69) is 5.32 Å². The van der Waals surface area contributed by atoms with Crippen LogP contribution in [0.25, 0.3) is 0 Å². The summed E-state index contributed by atoms with van der Waals surface area (Å²) in [7, 11) is 1.43. The van der Waals surface area contributed by atoms with Crippen molar-refractivity contribution in [1.82, 2.24) is 5.32 Å². The van der Waals surface area contributed by atoms with Crippen molar-refractivity contribution < 1.29 is 13.2 Å². The molecular weight excluding hydrogens is 282 g/mol. The van der Waals surface area contributed by atoms with Crippen LogP contribution in [0, 0.1) is 5.92 Å². The van der Waals surface area contributed by atoms with Gasteiger partial charge in [-0.3, -0.25) is 4.79 Å². The minimum Gasteiger partial charge on any atom is -0.349 e. The smallest absolute Gasteiger partial charge is 0.270 e. The zero-order valence-electron chi connectivity index (χ0n) is 9.73. The Balaban J connectivity index is 2.81. The van der Waals surface area contributed by atoms with Crippen molar-refractivity contribution in [2.45, 2.75) is 31.0 Å². The monoisotopic (exact) mass is 295 g/mol. The Morgan fingerprint density at radius 2 is 2.00 bits per heavy atom. The van der Waals surface area contributed by atoms with Gasteiger partial charge >= 0.3 is 0 Å². The molecular formula is C10H14ClNO3S2. The third-order valence-corrected chi connectivity index (χ3v) is 5.48. The number of nitrogens with one attached hydrogen (secondary N) is 1. The first-order valence-corrected chi connectivity index (χ1v) is 8.24. The Kier molecular flexibility index (Phi) is 4.57. The van der Waals surface area contributed by atoms with E-state index in [1.807, 2.05) is 20.8 Å². The van der Waals surface area contributed by atoms with Gasteiger partial charge < -0.3 is 5.32 Å². The largest absolute Gasteiger partial charge is 0.349 e. The summed E-state index contributed by atoms with van der Waals surface area (Å²) < 4.78 is 22.1. The number of carbonyl (C=O) groups is 1. The van der Waals surface area contributed by atoms with Crippen molar-refractivity contribution in [2.24, 2.45) is 5.92 Å². The second kappa shape index (κ2) is 5.37. The number of halogens is 1. The van der Waals surface area contributed by atoms with E-state index in [4.69, 9.17) is 10.7 Å². The van der Waals surface area contributed by atoms with Crippen LogP contribution in [0.3, 0.4) is 0 Å². The third kappa shape index (κ3) is 3.97. The normalized spacial score (nSPS) is 13.7. The van der Waals surface area contributed by atoms with Crippen LogP contribution >= 0.6 is 22.0 Å². The molecule has 0 aliphatic heterocycles. The summed E-state index contributed by atoms with van der Waals surface area (Å²) in [6, 6.07) is 1.31. The highest BCUT2D eigenvalue weighted by Gasteiger charge is 2.18. The first-order valence-electron chi connectivity index (χ1n) is 5.06. The molecule has 0 bridgehead atoms. The van der Waals surface area contributed by atoms with Gasteiger partial charge in [-0.1, -0.05) is 13.8 Å². The van der Waals surface area contributed by atoms with Crippen LogP contribution in [-0.4, -0.2) is 20.4 Å². The van der Waals surface area contributed by atoms with Gasteiger partial charge in [0.15, 0.2) is 0 Å². The second-order valence-corrected chi connectivity index (χ2v) is 7.80. The molecule has 0 aliphatic rings. The lowest BCUT2D eigenvalue weighted by Gasteiger charge is -2.16. The molecule has 0 saturated heterocycles. The molecule has 1 rings (SSSR count). The van der Waals surface area contributed by atoms with E-state index >= 15 is 0 Å². The van der Waals surface area contributed by atoms with E-state index in [9.17, 15) is 13.2 Å². The summed E-state index contributed by atoms with van der Waals surface area (Å²) in [6.45, 7) is 5.88. The van der Waals surface area contributed by atoms with E-state index in [1.54, 1.807) is 0 Å². The quantitative estimate of drug-likeness (QED) is 0.868. The summed E-state index contributed by atoms with van der Waals surface area (Å²) in [6.07, 6.45) is 0. The maximum absolute atomic E-state index is 11.8. The highest BCUT2D eigenvalue weighted by molar-refractivity contribution is 8.15. The van der Waals surface area contributed by atoms with Crippen molar-refractivity contribution >= 4 is 37.0 Å². The van der Waals surface area contributed by atoms with Crippen molar-refractivity contribution in [3.05, 3.63) is 17.0 Å². The first-order chi connectivity index (χ1) is 7.71. The molecule has 1 unspecified atom stereocenters. The highest BCUT2D eigenvalue weighted by Crippen LogP contribution is 2.23. The zero-order chi connectivity index (χ0) is 13.2. The maximum atomic E-state index is 11.8. The topological polar surface area (TPSA) is 63.2 Å². The van der Waals surface area contributed by atoms with Crippen LogP contribution in [0.15, 0.2) is 15.7 Å². The maximum Gasteiger partial charge on any atom is 0.270 e. The van der Waals surface area contributed by atoms with Gasteiger partial charge in [0, 0.05) is 22.1 Å². The number of rotatable bonds is 4. The summed E-state index contributed by atoms with van der Waals surface area (Å²) >= 11 is 0.940. The average Bonchev–Trinajstić information content (AvgIpc) is 2.65. The van der Waals surface area contributed by atoms with Crippen LogP contribution < -0.4 is 5.32 Å². The lowest BCUT2D eigenvalue weighted by molar-refractivity contribution is 0.0931. The molecule has 0 fully saturated rings. The highest BCUT2D eigenvalue weighted by atomic mass is 35.7. The van der Waals surface area contributed by atoms with Gasteiger partial charge in [0.05, 0.1) is 5.56 Å². The molecule has 1 amide bonds. The van der Waals surface area contributed by atoms with Gasteiger partial charge in [-0.25, -0.2) is 8.42 Å². The summed E-state index contributed by atoms with van der Waals surface area (Å²) in [4.78, 5) is 11.8. The number of hydrogen-bond donors (Lipinski definition) is 1. The molecule has 0 saturated carbocycles. The molecule has 0 spiro atoms. The Bertz CT molecular complexity index is 507. The third-order valence-electron chi connectivity index (χ3n) is 2.44. The van der Waals surface area contributed by atoms with Gasteiger partial charge in [0.2, 0.25) is 0 Å². The SMILES string of the molecule is CC(C)C(C)NC(=O)c1csc(S(=O)(=O)Cl)c1. The molecule has 1 N–H and O–H groups in total. The van der Waals surface area contributed by atoms with E-state index < -0.39 is 9.05 Å². The fraction of sp³-hybridized carbons (Fsp3) is 0.500. The number of amides is 1. The van der Waals surface area contributed by atoms with E-state index in [0.717, 1.165) is 11.3 Å². The predicted octanol–water partition coefficient (Wildman–Crippen LogP) is 2.45. The van der Waals surface area contributed by atoms with Crippen LogP contribution in [0.5, 0.6) is 0 Å². The number of hydrogen-bond acceptors (Lipinski definition) is 4. The van der Waals surface area contributed by atoms with Crippen LogP contribution in [-0.2, 0) is 9.05 Å². The van der Waals surface area contributed by atoms with Gasteiger partial charge in [0.1, 0.15) is 4.21 Å². The molecule has 1 atom stereocenters. The average molecular weight is 296 g/mol. The van der Waals surface area contributed by atoms with Gasteiger partial charge in [-0.05, 0) is 18.9 Å². The molecule has 0 aromatic carbocycles. The number of carbonyl (C=O) groups excluding carboxylic acids is 1. The van der Waals surface area contributed by atoms with E-state index in [-0.39, 0.29) is 16.2 Å². The Morgan fingerprint density at radius 1 is 1.41 bits per heavy atom. The van der Waals surface area contributed by atoms with E-state index in [0.29, 0.717) is 11.5 Å². The Morgan fingerprint density at radius 3 is 2.41 bits per heavy atom. The van der Waals surface area contributed by atoms with Gasteiger partial charge in [0.25, 0.3) is 15.0 Å². The van der Waals surface area contributed by atoms with Crippen molar-refractivity contribution in [3.63, 3.8) is 0 Å². The summed E-state index contributed by atoms with van der Waals surface area (Å²) in [5.41, 5.74) is 0.321. The molecule has 7 heteroatoms. The fourth-order valence-electron chi connectivity index (χ4n) is 1.02. The van der Waals surface area contributed by atoms with E-state index in [1.165, 1.54) is 11.4 Å². The standard InChI is InChI=1S/C10H14ClNO3S2/c1-6(2)7(3)12-10(13)8-4-9(16-5-8)17(11,14)15/h4-7H,1-3H3,(H,12,13). The Hall–Kier alpha value is -0.590. The lowest BCUT2D eigenvalue weighted by atomic mass is 10.1. The lowest BCUT2D eigenvalue weighted by Crippen LogP contribution is -2.35. The van der Waals surface area contributed by atoms with Crippen LogP contribution in [0.1, 0.15) is 31.1 Å². The van der Waals surface area contributed by atoms with Gasteiger partial charge in [-0.15, -0.1) is 11.3 Å². The van der Waals surface area contributed by atoms with Crippen molar-refractivity contribution in [2.75, 3.05) is 0 Å². The zero-order valence-corrected chi connectivity index (χ0v) is 12.1. The molecule has 1 aromatic rings.